The summed E-state index contributed by atoms with van der Waals surface area (Å²) in [6.45, 7) is 2.87. The molecule has 1 heterocycles. The lowest BCUT2D eigenvalue weighted by atomic mass is 10.1. The number of benzene rings is 2. The Morgan fingerprint density at radius 1 is 1.05 bits per heavy atom. The summed E-state index contributed by atoms with van der Waals surface area (Å²) in [6, 6.07) is 15.1. The predicted octanol–water partition coefficient (Wildman–Crippen LogP) is 3.50. The molecule has 1 aliphatic rings. The number of amides is 1. The Morgan fingerprint density at radius 2 is 1.77 bits per heavy atom. The lowest BCUT2D eigenvalue weighted by Gasteiger charge is -2.19. The van der Waals surface area contributed by atoms with Crippen molar-refractivity contribution in [3.8, 4) is 11.5 Å². The predicted molar refractivity (Wildman–Crippen MR) is 86.2 cm³/mol. The van der Waals surface area contributed by atoms with Gasteiger partial charge in [0, 0.05) is 17.3 Å². The number of hydrogen-bond acceptors (Lipinski definition) is 3. The highest BCUT2D eigenvalue weighted by atomic mass is 16.6. The molecule has 4 heteroatoms. The molecule has 3 rings (SSSR count). The summed E-state index contributed by atoms with van der Waals surface area (Å²) in [4.78, 5) is 12.2. The number of nitrogens with one attached hydrogen (secondary N) is 1. The molecule has 0 unspecified atom stereocenters. The first-order chi connectivity index (χ1) is 10.7. The van der Waals surface area contributed by atoms with Gasteiger partial charge < -0.3 is 14.8 Å². The summed E-state index contributed by atoms with van der Waals surface area (Å²) in [5, 5.41) is 2.87. The molecule has 112 valence electrons. The van der Waals surface area contributed by atoms with Crippen molar-refractivity contribution in [3.05, 3.63) is 59.7 Å². The zero-order valence-electron chi connectivity index (χ0n) is 12.3. The molecular formula is C18H17NO3. The third kappa shape index (κ3) is 3.28. The van der Waals surface area contributed by atoms with Crippen molar-refractivity contribution in [2.24, 2.45) is 0 Å². The summed E-state index contributed by atoms with van der Waals surface area (Å²) >= 11 is 0. The molecule has 0 bridgehead atoms. The van der Waals surface area contributed by atoms with Gasteiger partial charge in [0.15, 0.2) is 11.5 Å². The fraction of sp³-hybridized carbons (Fsp3) is 0.167. The van der Waals surface area contributed by atoms with E-state index in [1.807, 2.05) is 36.4 Å². The van der Waals surface area contributed by atoms with Crippen molar-refractivity contribution in [2.45, 2.75) is 6.92 Å². The highest BCUT2D eigenvalue weighted by Crippen LogP contribution is 2.32. The number of carbonyl (C=O) groups is 1. The SMILES string of the molecule is CC(=Cc1ccccc1)C(=O)Nc1ccc2c(c1)OCCO2. The van der Waals surface area contributed by atoms with Crippen LogP contribution in [0.3, 0.4) is 0 Å². The lowest BCUT2D eigenvalue weighted by molar-refractivity contribution is -0.112. The van der Waals surface area contributed by atoms with Gasteiger partial charge in [-0.1, -0.05) is 30.3 Å². The lowest BCUT2D eigenvalue weighted by Crippen LogP contribution is -2.16. The molecule has 0 aromatic heterocycles. The molecule has 0 aliphatic carbocycles. The minimum Gasteiger partial charge on any atom is -0.486 e. The Bertz CT molecular complexity index is 708. The van der Waals surface area contributed by atoms with Crippen LogP contribution in [-0.4, -0.2) is 19.1 Å². The van der Waals surface area contributed by atoms with Gasteiger partial charge in [-0.2, -0.15) is 0 Å². The average molecular weight is 295 g/mol. The Labute approximate surface area is 129 Å². The van der Waals surface area contributed by atoms with Crippen LogP contribution in [0.5, 0.6) is 11.5 Å². The molecule has 1 N–H and O–H groups in total. The maximum Gasteiger partial charge on any atom is 0.251 e. The van der Waals surface area contributed by atoms with Gasteiger partial charge in [-0.05, 0) is 30.7 Å². The molecule has 0 radical (unpaired) electrons. The Kier molecular flexibility index (Phi) is 4.10. The minimum absolute atomic E-state index is 0.138. The fourth-order valence-corrected chi connectivity index (χ4v) is 2.22. The third-order valence-electron chi connectivity index (χ3n) is 3.34. The molecule has 1 aliphatic heterocycles. The van der Waals surface area contributed by atoms with Crippen molar-refractivity contribution in [3.63, 3.8) is 0 Å². The van der Waals surface area contributed by atoms with Crippen LogP contribution in [0.25, 0.3) is 6.08 Å². The van der Waals surface area contributed by atoms with Gasteiger partial charge >= 0.3 is 0 Å². The van der Waals surface area contributed by atoms with Crippen molar-refractivity contribution in [1.82, 2.24) is 0 Å². The number of hydrogen-bond donors (Lipinski definition) is 1. The van der Waals surface area contributed by atoms with Crippen LogP contribution >= 0.6 is 0 Å². The highest BCUT2D eigenvalue weighted by Gasteiger charge is 2.13. The molecule has 1 amide bonds. The molecule has 2 aromatic rings. The quantitative estimate of drug-likeness (QED) is 0.882. The van der Waals surface area contributed by atoms with Crippen molar-refractivity contribution < 1.29 is 14.3 Å². The first-order valence-corrected chi connectivity index (χ1v) is 7.17. The van der Waals surface area contributed by atoms with E-state index in [4.69, 9.17) is 9.47 Å². The van der Waals surface area contributed by atoms with E-state index in [-0.39, 0.29) is 5.91 Å². The normalized spacial score (nSPS) is 13.6. The van der Waals surface area contributed by atoms with Crippen LogP contribution in [-0.2, 0) is 4.79 Å². The summed E-state index contributed by atoms with van der Waals surface area (Å²) in [7, 11) is 0. The second kappa shape index (κ2) is 6.35. The Hall–Kier alpha value is -2.75. The maximum absolute atomic E-state index is 12.2. The topological polar surface area (TPSA) is 47.6 Å². The van der Waals surface area contributed by atoms with Gasteiger partial charge in [-0.3, -0.25) is 4.79 Å². The number of rotatable bonds is 3. The monoisotopic (exact) mass is 295 g/mol. The van der Waals surface area contributed by atoms with Crippen LogP contribution in [0, 0.1) is 0 Å². The molecular weight excluding hydrogens is 278 g/mol. The Balaban J connectivity index is 1.72. The van der Waals surface area contributed by atoms with E-state index in [2.05, 4.69) is 5.32 Å². The van der Waals surface area contributed by atoms with E-state index in [0.717, 1.165) is 5.56 Å². The molecule has 0 saturated heterocycles. The number of carbonyl (C=O) groups excluding carboxylic acids is 1. The number of fused-ring (bicyclic) bond motifs is 1. The summed E-state index contributed by atoms with van der Waals surface area (Å²) in [5.74, 6) is 1.23. The molecule has 0 fully saturated rings. The summed E-state index contributed by atoms with van der Waals surface area (Å²) in [6.07, 6.45) is 1.85. The van der Waals surface area contributed by atoms with Crippen LogP contribution in [0.2, 0.25) is 0 Å². The largest absolute Gasteiger partial charge is 0.486 e. The van der Waals surface area contributed by atoms with E-state index in [1.54, 1.807) is 25.1 Å². The van der Waals surface area contributed by atoms with Gasteiger partial charge in [-0.15, -0.1) is 0 Å². The molecule has 4 nitrogen and oxygen atoms in total. The minimum atomic E-state index is -0.138. The number of ether oxygens (including phenoxy) is 2. The summed E-state index contributed by atoms with van der Waals surface area (Å²) in [5.41, 5.74) is 2.33. The second-order valence-electron chi connectivity index (χ2n) is 5.05. The van der Waals surface area contributed by atoms with Crippen molar-refractivity contribution in [1.29, 1.82) is 0 Å². The van der Waals surface area contributed by atoms with Crippen LogP contribution in [0.15, 0.2) is 54.1 Å². The van der Waals surface area contributed by atoms with Gasteiger partial charge in [-0.25, -0.2) is 0 Å². The zero-order chi connectivity index (χ0) is 15.4. The van der Waals surface area contributed by atoms with Crippen LogP contribution in [0.4, 0.5) is 5.69 Å². The van der Waals surface area contributed by atoms with Gasteiger partial charge in [0.1, 0.15) is 13.2 Å². The summed E-state index contributed by atoms with van der Waals surface area (Å²) < 4.78 is 11.0. The van der Waals surface area contributed by atoms with Crippen molar-refractivity contribution >= 4 is 17.7 Å². The maximum atomic E-state index is 12.2. The smallest absolute Gasteiger partial charge is 0.251 e. The van der Waals surface area contributed by atoms with E-state index in [9.17, 15) is 4.79 Å². The van der Waals surface area contributed by atoms with Crippen molar-refractivity contribution in [2.75, 3.05) is 18.5 Å². The van der Waals surface area contributed by atoms with E-state index < -0.39 is 0 Å². The van der Waals surface area contributed by atoms with Gasteiger partial charge in [0.2, 0.25) is 0 Å². The average Bonchev–Trinajstić information content (AvgIpc) is 2.55. The van der Waals surface area contributed by atoms with Gasteiger partial charge in [0.05, 0.1) is 0 Å². The molecule has 22 heavy (non-hydrogen) atoms. The first-order valence-electron chi connectivity index (χ1n) is 7.17. The van der Waals surface area contributed by atoms with E-state index in [1.165, 1.54) is 0 Å². The highest BCUT2D eigenvalue weighted by molar-refractivity contribution is 6.06. The van der Waals surface area contributed by atoms with E-state index in [0.29, 0.717) is 36.0 Å². The fourth-order valence-electron chi connectivity index (χ4n) is 2.22. The van der Waals surface area contributed by atoms with Gasteiger partial charge in [0.25, 0.3) is 5.91 Å². The van der Waals surface area contributed by atoms with Crippen LogP contribution < -0.4 is 14.8 Å². The Morgan fingerprint density at radius 3 is 2.55 bits per heavy atom. The molecule has 0 spiro atoms. The standard InChI is InChI=1S/C18H17NO3/c1-13(11-14-5-3-2-4-6-14)18(20)19-15-7-8-16-17(12-15)22-10-9-21-16/h2-8,11-12H,9-10H2,1H3,(H,19,20). The molecule has 0 atom stereocenters. The number of anilines is 1. The van der Waals surface area contributed by atoms with E-state index >= 15 is 0 Å². The molecule has 2 aromatic carbocycles. The molecule has 0 saturated carbocycles. The third-order valence-corrected chi connectivity index (χ3v) is 3.34. The zero-order valence-corrected chi connectivity index (χ0v) is 12.3. The van der Waals surface area contributed by atoms with Crippen LogP contribution in [0.1, 0.15) is 12.5 Å². The first kappa shape index (κ1) is 14.2. The second-order valence-corrected chi connectivity index (χ2v) is 5.05.